The fraction of sp³-hybridized carbons (Fsp3) is 0.381. The van der Waals surface area contributed by atoms with E-state index in [2.05, 4.69) is 22.3 Å². The molecule has 1 unspecified atom stereocenters. The number of aliphatic hydroxyl groups is 1. The molecular weight excluding hydrogens is 354 g/mol. The zero-order valence-corrected chi connectivity index (χ0v) is 15.9. The number of hydrogen-bond acceptors (Lipinski definition) is 4. The first-order valence-electron chi connectivity index (χ1n) is 9.74. The van der Waals surface area contributed by atoms with E-state index in [0.717, 1.165) is 24.1 Å². The van der Waals surface area contributed by atoms with Crippen molar-refractivity contribution in [3.05, 3.63) is 70.3 Å². The number of aryl methyl sites for hydroxylation is 3. The highest BCUT2D eigenvalue weighted by Crippen LogP contribution is 2.26. The average molecular weight is 377 g/mol. The smallest absolute Gasteiger partial charge is 0.254 e. The molecule has 3 heterocycles. The first-order chi connectivity index (χ1) is 13.6. The Morgan fingerprint density at radius 2 is 2.00 bits per heavy atom. The minimum absolute atomic E-state index is 0.0656. The second-order valence-electron chi connectivity index (χ2n) is 7.63. The summed E-state index contributed by atoms with van der Waals surface area (Å²) < 4.78 is 3.54. The van der Waals surface area contributed by atoms with Gasteiger partial charge < -0.3 is 10.0 Å². The maximum atomic E-state index is 13.0. The number of hydrogen-bond donors (Lipinski definition) is 1. The van der Waals surface area contributed by atoms with Gasteiger partial charge in [0.2, 0.25) is 0 Å². The molecule has 0 saturated heterocycles. The molecule has 1 amide bonds. The van der Waals surface area contributed by atoms with E-state index in [1.807, 2.05) is 21.7 Å². The van der Waals surface area contributed by atoms with E-state index in [0.29, 0.717) is 31.0 Å². The van der Waals surface area contributed by atoms with Crippen molar-refractivity contribution in [1.29, 1.82) is 0 Å². The highest BCUT2D eigenvalue weighted by Gasteiger charge is 2.26. The molecule has 7 heteroatoms. The van der Waals surface area contributed by atoms with Crippen molar-refractivity contribution in [2.24, 2.45) is 7.05 Å². The summed E-state index contributed by atoms with van der Waals surface area (Å²) in [4.78, 5) is 14.9. The summed E-state index contributed by atoms with van der Waals surface area (Å²) in [6, 6.07) is 9.79. The van der Waals surface area contributed by atoms with Gasteiger partial charge in [0.1, 0.15) is 6.10 Å². The lowest BCUT2D eigenvalue weighted by molar-refractivity contribution is 0.0705. The van der Waals surface area contributed by atoms with Crippen LogP contribution in [0.3, 0.4) is 0 Å². The average Bonchev–Trinajstić information content (AvgIpc) is 3.44. The summed E-state index contributed by atoms with van der Waals surface area (Å²) in [5.74, 6) is 0.0656. The van der Waals surface area contributed by atoms with Gasteiger partial charge in [-0.3, -0.25) is 14.2 Å². The van der Waals surface area contributed by atoms with Crippen molar-refractivity contribution in [3.8, 4) is 0 Å². The molecule has 3 aromatic rings. The highest BCUT2D eigenvalue weighted by atomic mass is 16.3. The molecule has 0 saturated carbocycles. The molecule has 1 atom stereocenters. The van der Waals surface area contributed by atoms with Gasteiger partial charge in [-0.2, -0.15) is 10.2 Å². The Balaban J connectivity index is 1.36. The van der Waals surface area contributed by atoms with E-state index >= 15 is 0 Å². The summed E-state index contributed by atoms with van der Waals surface area (Å²) in [6.45, 7) is 1.75. The SMILES string of the molecule is Cn1nccc1C(O)c1cc2n(n1)CCN(C(=O)c1ccc3c(c1)CCC3)C2. The van der Waals surface area contributed by atoms with Crippen molar-refractivity contribution in [2.45, 2.75) is 38.5 Å². The quantitative estimate of drug-likeness (QED) is 0.756. The van der Waals surface area contributed by atoms with Crippen LogP contribution in [0.2, 0.25) is 0 Å². The Labute approximate surface area is 163 Å². The van der Waals surface area contributed by atoms with Crippen molar-refractivity contribution in [3.63, 3.8) is 0 Å². The molecule has 2 aromatic heterocycles. The number of aromatic nitrogens is 4. The van der Waals surface area contributed by atoms with E-state index in [1.54, 1.807) is 24.0 Å². The Morgan fingerprint density at radius 3 is 2.82 bits per heavy atom. The maximum absolute atomic E-state index is 13.0. The van der Waals surface area contributed by atoms with Crippen molar-refractivity contribution in [2.75, 3.05) is 6.54 Å². The summed E-state index contributed by atoms with van der Waals surface area (Å²) in [5.41, 5.74) is 5.68. The van der Waals surface area contributed by atoms with Crippen LogP contribution in [-0.4, -0.2) is 42.0 Å². The van der Waals surface area contributed by atoms with E-state index in [-0.39, 0.29) is 5.91 Å². The van der Waals surface area contributed by atoms with E-state index < -0.39 is 6.10 Å². The molecule has 1 aliphatic carbocycles. The number of nitrogens with zero attached hydrogens (tertiary/aromatic N) is 5. The van der Waals surface area contributed by atoms with Gasteiger partial charge in [-0.15, -0.1) is 0 Å². The fourth-order valence-electron chi connectivity index (χ4n) is 4.29. The number of amides is 1. The van der Waals surface area contributed by atoms with E-state index in [9.17, 15) is 9.90 Å². The lowest BCUT2D eigenvalue weighted by Gasteiger charge is -2.28. The maximum Gasteiger partial charge on any atom is 0.254 e. The standard InChI is InChI=1S/C21H23N5O2/c1-24-19(7-8-22-24)20(27)18-12-17-13-25(9-10-26(17)23-18)21(28)16-6-5-14-3-2-4-15(14)11-16/h5-8,11-12,20,27H,2-4,9-10,13H2,1H3. The molecule has 0 spiro atoms. The summed E-state index contributed by atoms with van der Waals surface area (Å²) in [5, 5.41) is 19.3. The molecule has 0 bridgehead atoms. The zero-order chi connectivity index (χ0) is 19.3. The fourth-order valence-corrected chi connectivity index (χ4v) is 4.29. The van der Waals surface area contributed by atoms with Crippen molar-refractivity contribution in [1.82, 2.24) is 24.5 Å². The lowest BCUT2D eigenvalue weighted by Crippen LogP contribution is -2.38. The first kappa shape index (κ1) is 17.2. The first-order valence-corrected chi connectivity index (χ1v) is 9.74. The van der Waals surface area contributed by atoms with Gasteiger partial charge in [0.15, 0.2) is 0 Å². The molecule has 1 aliphatic heterocycles. The minimum atomic E-state index is -0.827. The molecule has 0 fully saturated rings. The normalized spacial score (nSPS) is 16.7. The number of carbonyl (C=O) groups excluding carboxylic acids is 1. The van der Waals surface area contributed by atoms with Gasteiger partial charge in [-0.1, -0.05) is 6.07 Å². The number of benzene rings is 1. The largest absolute Gasteiger partial charge is 0.380 e. The van der Waals surface area contributed by atoms with Crippen LogP contribution in [0.1, 0.15) is 51.1 Å². The Bertz CT molecular complexity index is 1050. The summed E-state index contributed by atoms with van der Waals surface area (Å²) in [7, 11) is 1.80. The molecule has 7 nitrogen and oxygen atoms in total. The van der Waals surface area contributed by atoms with Crippen LogP contribution in [-0.2, 0) is 33.0 Å². The van der Waals surface area contributed by atoms with Crippen LogP contribution in [0.4, 0.5) is 0 Å². The summed E-state index contributed by atoms with van der Waals surface area (Å²) in [6.07, 6.45) is 4.20. The van der Waals surface area contributed by atoms with Crippen molar-refractivity contribution < 1.29 is 9.90 Å². The van der Waals surface area contributed by atoms with Gasteiger partial charge in [-0.05, 0) is 54.7 Å². The van der Waals surface area contributed by atoms with Crippen LogP contribution in [0.25, 0.3) is 0 Å². The van der Waals surface area contributed by atoms with Crippen LogP contribution in [0, 0.1) is 0 Å². The highest BCUT2D eigenvalue weighted by molar-refractivity contribution is 5.94. The van der Waals surface area contributed by atoms with Crippen molar-refractivity contribution >= 4 is 5.91 Å². The Morgan fingerprint density at radius 1 is 1.14 bits per heavy atom. The number of rotatable bonds is 3. The van der Waals surface area contributed by atoms with Gasteiger partial charge in [0, 0.05) is 25.4 Å². The van der Waals surface area contributed by atoms with Crippen LogP contribution in [0.5, 0.6) is 0 Å². The van der Waals surface area contributed by atoms with E-state index in [4.69, 9.17) is 0 Å². The number of carbonyl (C=O) groups is 1. The molecular formula is C21H23N5O2. The molecule has 5 rings (SSSR count). The molecule has 28 heavy (non-hydrogen) atoms. The van der Waals surface area contributed by atoms with Gasteiger partial charge in [0.05, 0.1) is 30.2 Å². The Kier molecular flexibility index (Phi) is 4.05. The second-order valence-corrected chi connectivity index (χ2v) is 7.63. The third-order valence-corrected chi connectivity index (χ3v) is 5.87. The third-order valence-electron chi connectivity index (χ3n) is 5.87. The number of aliphatic hydroxyl groups excluding tert-OH is 1. The predicted octanol–water partition coefficient (Wildman–Crippen LogP) is 1.84. The molecule has 1 N–H and O–H groups in total. The molecule has 144 valence electrons. The lowest BCUT2D eigenvalue weighted by atomic mass is 10.1. The summed E-state index contributed by atoms with van der Waals surface area (Å²) >= 11 is 0. The van der Waals surface area contributed by atoms with E-state index in [1.165, 1.54) is 17.5 Å². The molecule has 0 radical (unpaired) electrons. The third kappa shape index (κ3) is 2.82. The zero-order valence-electron chi connectivity index (χ0n) is 15.9. The van der Waals surface area contributed by atoms with Crippen LogP contribution >= 0.6 is 0 Å². The topological polar surface area (TPSA) is 76.2 Å². The van der Waals surface area contributed by atoms with Gasteiger partial charge >= 0.3 is 0 Å². The van der Waals surface area contributed by atoms with Crippen LogP contribution < -0.4 is 0 Å². The van der Waals surface area contributed by atoms with Gasteiger partial charge in [-0.25, -0.2) is 0 Å². The molecule has 2 aliphatic rings. The number of fused-ring (bicyclic) bond motifs is 2. The predicted molar refractivity (Wildman–Crippen MR) is 103 cm³/mol. The second kappa shape index (κ2) is 6.60. The Hall–Kier alpha value is -2.93. The van der Waals surface area contributed by atoms with Gasteiger partial charge in [0.25, 0.3) is 5.91 Å². The molecule has 1 aromatic carbocycles. The van der Waals surface area contributed by atoms with Crippen LogP contribution in [0.15, 0.2) is 36.5 Å². The monoisotopic (exact) mass is 377 g/mol. The minimum Gasteiger partial charge on any atom is -0.380 e.